The Hall–Kier alpha value is -1.34. The number of aliphatic imine (C=N–C) groups is 1. The van der Waals surface area contributed by atoms with Gasteiger partial charge in [-0.2, -0.15) is 0 Å². The molecule has 0 aromatic carbocycles. The van der Waals surface area contributed by atoms with Gasteiger partial charge < -0.3 is 20.3 Å². The van der Waals surface area contributed by atoms with Crippen LogP contribution < -0.4 is 10.6 Å². The van der Waals surface area contributed by atoms with Crippen molar-refractivity contribution in [2.75, 3.05) is 60.0 Å². The second-order valence-corrected chi connectivity index (χ2v) is 7.57. The molecule has 1 saturated heterocycles. The van der Waals surface area contributed by atoms with E-state index in [4.69, 9.17) is 4.74 Å². The molecule has 25 heavy (non-hydrogen) atoms. The second-order valence-electron chi connectivity index (χ2n) is 7.57. The van der Waals surface area contributed by atoms with Gasteiger partial charge in [-0.05, 0) is 11.8 Å². The number of carbonyl (C=O) groups excluding carboxylic acids is 1. The van der Waals surface area contributed by atoms with E-state index in [9.17, 15) is 4.79 Å². The highest BCUT2D eigenvalue weighted by molar-refractivity contribution is 5.84. The van der Waals surface area contributed by atoms with Crippen molar-refractivity contribution >= 4 is 11.9 Å². The molecule has 1 heterocycles. The van der Waals surface area contributed by atoms with Crippen molar-refractivity contribution < 1.29 is 9.53 Å². The number of hydrogen-bond donors (Lipinski definition) is 2. The third-order valence-electron chi connectivity index (χ3n) is 4.31. The Bertz CT molecular complexity index is 418. The molecule has 1 fully saturated rings. The van der Waals surface area contributed by atoms with Crippen molar-refractivity contribution in [2.24, 2.45) is 16.8 Å². The van der Waals surface area contributed by atoms with E-state index in [0.717, 1.165) is 39.4 Å². The van der Waals surface area contributed by atoms with Gasteiger partial charge in [0.25, 0.3) is 0 Å². The summed E-state index contributed by atoms with van der Waals surface area (Å²) in [6, 6.07) is 0.416. The number of ether oxygens (including phenoxy) is 1. The number of hydrogen-bond acceptors (Lipinski definition) is 4. The molecule has 0 aromatic rings. The van der Waals surface area contributed by atoms with Crippen molar-refractivity contribution in [1.29, 1.82) is 0 Å². The molecule has 0 aromatic heterocycles. The molecule has 1 aliphatic heterocycles. The average Bonchev–Trinajstić information content (AvgIpc) is 2.56. The average molecular weight is 356 g/mol. The van der Waals surface area contributed by atoms with Gasteiger partial charge in [0.05, 0.1) is 13.2 Å². The lowest BCUT2D eigenvalue weighted by atomic mass is 10.0. The lowest BCUT2D eigenvalue weighted by molar-refractivity contribution is -0.127. The van der Waals surface area contributed by atoms with E-state index in [1.54, 1.807) is 19.0 Å². The fourth-order valence-corrected chi connectivity index (χ4v) is 2.66. The Balaban J connectivity index is 2.66. The Morgan fingerprint density at radius 2 is 1.72 bits per heavy atom. The summed E-state index contributed by atoms with van der Waals surface area (Å²) in [7, 11) is 3.50. The zero-order chi connectivity index (χ0) is 18.8. The number of amides is 1. The summed E-state index contributed by atoms with van der Waals surface area (Å²) in [6.45, 7) is 14.1. The Morgan fingerprint density at radius 3 is 2.24 bits per heavy atom. The molecule has 1 unspecified atom stereocenters. The first-order valence-electron chi connectivity index (χ1n) is 9.35. The van der Waals surface area contributed by atoms with Crippen LogP contribution in [-0.4, -0.2) is 87.7 Å². The summed E-state index contributed by atoms with van der Waals surface area (Å²) in [5, 5.41) is 6.77. The van der Waals surface area contributed by atoms with Crippen LogP contribution in [0, 0.1) is 11.8 Å². The van der Waals surface area contributed by atoms with E-state index in [2.05, 4.69) is 48.2 Å². The molecule has 1 atom stereocenters. The molecule has 146 valence electrons. The van der Waals surface area contributed by atoms with Crippen LogP contribution in [0.1, 0.15) is 27.7 Å². The molecule has 0 radical (unpaired) electrons. The first kappa shape index (κ1) is 21.7. The van der Waals surface area contributed by atoms with Gasteiger partial charge in [0.1, 0.15) is 6.54 Å². The zero-order valence-electron chi connectivity index (χ0n) is 16.8. The predicted molar refractivity (Wildman–Crippen MR) is 103 cm³/mol. The van der Waals surface area contributed by atoms with Crippen LogP contribution in [0.5, 0.6) is 0 Å². The smallest absolute Gasteiger partial charge is 0.243 e. The molecule has 7 heteroatoms. The quantitative estimate of drug-likeness (QED) is 0.494. The van der Waals surface area contributed by atoms with Crippen LogP contribution in [0.3, 0.4) is 0 Å². The Kier molecular flexibility index (Phi) is 9.82. The topological polar surface area (TPSA) is 69.2 Å². The number of nitrogens with zero attached hydrogens (tertiary/aromatic N) is 3. The number of morpholine rings is 1. The number of guanidine groups is 1. The van der Waals surface area contributed by atoms with Gasteiger partial charge in [0.2, 0.25) is 5.91 Å². The summed E-state index contributed by atoms with van der Waals surface area (Å²) in [5.74, 6) is 1.75. The van der Waals surface area contributed by atoms with Gasteiger partial charge in [-0.1, -0.05) is 27.7 Å². The zero-order valence-corrected chi connectivity index (χ0v) is 16.8. The number of carbonyl (C=O) groups is 1. The first-order chi connectivity index (χ1) is 11.8. The van der Waals surface area contributed by atoms with Crippen LogP contribution in [0.4, 0.5) is 0 Å². The van der Waals surface area contributed by atoms with Gasteiger partial charge in [-0.15, -0.1) is 0 Å². The lowest BCUT2D eigenvalue weighted by Crippen LogP contribution is -2.53. The van der Waals surface area contributed by atoms with Crippen molar-refractivity contribution in [1.82, 2.24) is 20.4 Å². The highest BCUT2D eigenvalue weighted by Crippen LogP contribution is 2.12. The van der Waals surface area contributed by atoms with Gasteiger partial charge in [-0.25, -0.2) is 4.99 Å². The minimum atomic E-state index is -0.000708. The van der Waals surface area contributed by atoms with Crippen molar-refractivity contribution in [3.05, 3.63) is 0 Å². The fourth-order valence-electron chi connectivity index (χ4n) is 2.66. The van der Waals surface area contributed by atoms with E-state index >= 15 is 0 Å². The van der Waals surface area contributed by atoms with Crippen LogP contribution >= 0.6 is 0 Å². The normalized spacial score (nSPS) is 17.7. The molecule has 0 bridgehead atoms. The Morgan fingerprint density at radius 1 is 1.12 bits per heavy atom. The molecular formula is C18H37N5O2. The van der Waals surface area contributed by atoms with Gasteiger partial charge >= 0.3 is 0 Å². The molecule has 1 aliphatic rings. The minimum Gasteiger partial charge on any atom is -0.379 e. The largest absolute Gasteiger partial charge is 0.379 e. The standard InChI is InChI=1S/C18H37N5O2/c1-14(2)11-19-18(21-13-17(24)22(5)6)20-12-16(15(3)4)23-7-9-25-10-8-23/h14-16H,7-13H2,1-6H3,(H2,19,20,21). The SMILES string of the molecule is CC(C)CNC(=NCC(=O)N(C)C)NCC(C(C)C)N1CCOCC1. The molecule has 7 nitrogen and oxygen atoms in total. The first-order valence-corrected chi connectivity index (χ1v) is 9.35. The van der Waals surface area contributed by atoms with E-state index in [-0.39, 0.29) is 12.5 Å². The highest BCUT2D eigenvalue weighted by atomic mass is 16.5. The molecule has 1 amide bonds. The molecule has 1 rings (SSSR count). The number of rotatable bonds is 8. The van der Waals surface area contributed by atoms with Crippen LogP contribution in [0.25, 0.3) is 0 Å². The monoisotopic (exact) mass is 355 g/mol. The van der Waals surface area contributed by atoms with E-state index in [0.29, 0.717) is 23.8 Å². The summed E-state index contributed by atoms with van der Waals surface area (Å²) < 4.78 is 5.47. The summed E-state index contributed by atoms with van der Waals surface area (Å²) >= 11 is 0. The van der Waals surface area contributed by atoms with Gasteiger partial charge in [0.15, 0.2) is 5.96 Å². The molecule has 0 saturated carbocycles. The van der Waals surface area contributed by atoms with Crippen molar-refractivity contribution in [3.8, 4) is 0 Å². The summed E-state index contributed by atoms with van der Waals surface area (Å²) in [5.41, 5.74) is 0. The van der Waals surface area contributed by atoms with E-state index in [1.165, 1.54) is 0 Å². The van der Waals surface area contributed by atoms with Gasteiger partial charge in [0, 0.05) is 46.3 Å². The minimum absolute atomic E-state index is 0.000708. The number of likely N-dealkylation sites (N-methyl/N-ethyl adjacent to an activating group) is 1. The maximum absolute atomic E-state index is 11.8. The third kappa shape index (κ3) is 8.54. The van der Waals surface area contributed by atoms with Gasteiger partial charge in [-0.3, -0.25) is 9.69 Å². The number of nitrogens with one attached hydrogen (secondary N) is 2. The molecular weight excluding hydrogens is 318 g/mol. The maximum Gasteiger partial charge on any atom is 0.243 e. The summed E-state index contributed by atoms with van der Waals surface area (Å²) in [4.78, 5) is 20.3. The predicted octanol–water partition coefficient (Wildman–Crippen LogP) is 0.623. The van der Waals surface area contributed by atoms with Crippen LogP contribution in [-0.2, 0) is 9.53 Å². The molecule has 0 spiro atoms. The molecule has 0 aliphatic carbocycles. The third-order valence-corrected chi connectivity index (χ3v) is 4.31. The van der Waals surface area contributed by atoms with Crippen molar-refractivity contribution in [2.45, 2.75) is 33.7 Å². The highest BCUT2D eigenvalue weighted by Gasteiger charge is 2.24. The maximum atomic E-state index is 11.8. The summed E-state index contributed by atoms with van der Waals surface area (Å²) in [6.07, 6.45) is 0. The van der Waals surface area contributed by atoms with Crippen molar-refractivity contribution in [3.63, 3.8) is 0 Å². The van der Waals surface area contributed by atoms with E-state index in [1.807, 2.05) is 0 Å². The van der Waals surface area contributed by atoms with E-state index < -0.39 is 0 Å². The van der Waals surface area contributed by atoms with Crippen LogP contribution in [0.15, 0.2) is 4.99 Å². The van der Waals surface area contributed by atoms with Crippen LogP contribution in [0.2, 0.25) is 0 Å². The Labute approximate surface area is 153 Å². The second kappa shape index (κ2) is 11.3. The molecule has 2 N–H and O–H groups in total. The lowest BCUT2D eigenvalue weighted by Gasteiger charge is -2.37. The fraction of sp³-hybridized carbons (Fsp3) is 0.889.